The molecule has 0 radical (unpaired) electrons. The highest BCUT2D eigenvalue weighted by atomic mass is 16.6. The van der Waals surface area contributed by atoms with Crippen LogP contribution in [0.5, 0.6) is 0 Å². The average Bonchev–Trinajstić information content (AvgIpc) is 3.41. The van der Waals surface area contributed by atoms with Crippen LogP contribution in [0.1, 0.15) is 37.1 Å². The zero-order valence-corrected chi connectivity index (χ0v) is 18.5. The van der Waals surface area contributed by atoms with Crippen LogP contribution < -0.4 is 0 Å². The maximum atomic E-state index is 6.32. The van der Waals surface area contributed by atoms with Crippen molar-refractivity contribution >= 4 is 11.8 Å². The largest absolute Gasteiger partial charge is 0.472 e. The Balaban J connectivity index is 1.64. The molecule has 4 rings (SSSR count). The Morgan fingerprint density at radius 2 is 1.10 bits per heavy atom. The highest BCUT2D eigenvalue weighted by molar-refractivity contribution is 6.05. The molecule has 2 aliphatic rings. The maximum Gasteiger partial charge on any atom is 0.199 e. The van der Waals surface area contributed by atoms with Gasteiger partial charge in [-0.3, -0.25) is 0 Å². The lowest BCUT2D eigenvalue weighted by molar-refractivity contribution is 0.0610. The summed E-state index contributed by atoms with van der Waals surface area (Å²) in [5, 5.41) is 0. The number of aliphatic imine (C=N–C) groups is 2. The average molecular weight is 423 g/mol. The van der Waals surface area contributed by atoms with Crippen LogP contribution in [0.3, 0.4) is 0 Å². The summed E-state index contributed by atoms with van der Waals surface area (Å²) in [5.74, 6) is 1.24. The predicted molar refractivity (Wildman–Crippen MR) is 121 cm³/mol. The Hall–Kier alpha value is -2.70. The van der Waals surface area contributed by atoms with Crippen molar-refractivity contribution in [1.82, 2.24) is 0 Å². The monoisotopic (exact) mass is 422 g/mol. The van der Waals surface area contributed by atoms with Crippen molar-refractivity contribution in [1.29, 1.82) is 0 Å². The molecule has 2 aromatic rings. The molecule has 0 saturated carbocycles. The van der Waals surface area contributed by atoms with Gasteiger partial charge in [-0.15, -0.1) is 0 Å². The van der Waals surface area contributed by atoms with Crippen LogP contribution in [-0.4, -0.2) is 51.4 Å². The Labute approximate surface area is 183 Å². The van der Waals surface area contributed by atoms with Crippen LogP contribution in [0.25, 0.3) is 0 Å². The third-order valence-corrected chi connectivity index (χ3v) is 5.76. The molecule has 2 aromatic carbocycles. The molecule has 0 saturated heterocycles. The van der Waals surface area contributed by atoms with Gasteiger partial charge >= 0.3 is 0 Å². The summed E-state index contributed by atoms with van der Waals surface area (Å²) in [4.78, 5) is 9.93. The van der Waals surface area contributed by atoms with Crippen molar-refractivity contribution in [3.63, 3.8) is 0 Å². The summed E-state index contributed by atoms with van der Waals surface area (Å²) in [6.07, 6.45) is -0.383. The first-order valence-corrected chi connectivity index (χ1v) is 10.6. The van der Waals surface area contributed by atoms with Crippen molar-refractivity contribution in [2.75, 3.05) is 27.4 Å². The lowest BCUT2D eigenvalue weighted by Gasteiger charge is -2.25. The molecule has 0 unspecified atom stereocenters. The van der Waals surface area contributed by atoms with E-state index in [2.05, 4.69) is 24.3 Å². The van der Waals surface area contributed by atoms with E-state index < -0.39 is 5.41 Å². The molecular formula is C25H30N2O4. The molecule has 31 heavy (non-hydrogen) atoms. The molecular weight excluding hydrogens is 392 g/mol. The van der Waals surface area contributed by atoms with E-state index in [4.69, 9.17) is 28.9 Å². The number of benzene rings is 2. The standard InChI is InChI=1S/C25H30N2O4/c1-25(2,23-26-21(19(30-23)15-28-3)17-11-7-5-8-12-17)24-27-22(20(31-24)16-29-4)18-13-9-6-10-14-18/h5-14,19-22H,15-16H2,1-4H3/t19-,20-,21-,22-/m1/s1. The smallest absolute Gasteiger partial charge is 0.199 e. The van der Waals surface area contributed by atoms with Crippen molar-refractivity contribution in [2.24, 2.45) is 15.4 Å². The third kappa shape index (κ3) is 4.36. The lowest BCUT2D eigenvalue weighted by atomic mass is 9.93. The van der Waals surface area contributed by atoms with Gasteiger partial charge in [-0.2, -0.15) is 0 Å². The third-order valence-electron chi connectivity index (χ3n) is 5.76. The molecule has 6 nitrogen and oxygen atoms in total. The molecule has 0 aromatic heterocycles. The van der Waals surface area contributed by atoms with Gasteiger partial charge in [0.2, 0.25) is 0 Å². The minimum Gasteiger partial charge on any atom is -0.472 e. The van der Waals surface area contributed by atoms with Crippen LogP contribution in [0, 0.1) is 5.41 Å². The molecule has 164 valence electrons. The van der Waals surface area contributed by atoms with Gasteiger partial charge in [0.05, 0.1) is 13.2 Å². The van der Waals surface area contributed by atoms with Gasteiger partial charge in [-0.1, -0.05) is 60.7 Å². The van der Waals surface area contributed by atoms with Crippen LogP contribution >= 0.6 is 0 Å². The second-order valence-electron chi connectivity index (χ2n) is 8.43. The van der Waals surface area contributed by atoms with Crippen LogP contribution in [0.2, 0.25) is 0 Å². The number of rotatable bonds is 8. The molecule has 0 aliphatic carbocycles. The highest BCUT2D eigenvalue weighted by Crippen LogP contribution is 2.40. The van der Waals surface area contributed by atoms with Crippen LogP contribution in [-0.2, 0) is 18.9 Å². The SMILES string of the molecule is COC[C@H]1OC(C(C)(C)C2=N[C@H](c3ccccc3)[C@@H](COC)O2)=N[C@@H]1c1ccccc1. The van der Waals surface area contributed by atoms with E-state index in [0.717, 1.165) is 11.1 Å². The van der Waals surface area contributed by atoms with Gasteiger partial charge < -0.3 is 18.9 Å². The second kappa shape index (κ2) is 9.20. The summed E-state index contributed by atoms with van der Waals surface area (Å²) in [5.41, 5.74) is 1.58. The number of hydrogen-bond donors (Lipinski definition) is 0. The summed E-state index contributed by atoms with van der Waals surface area (Å²) in [6.45, 7) is 4.99. The van der Waals surface area contributed by atoms with E-state index in [1.165, 1.54) is 0 Å². The van der Waals surface area contributed by atoms with Gasteiger partial charge in [0.15, 0.2) is 11.8 Å². The van der Waals surface area contributed by atoms with Crippen molar-refractivity contribution < 1.29 is 18.9 Å². The van der Waals surface area contributed by atoms with E-state index in [9.17, 15) is 0 Å². The summed E-state index contributed by atoms with van der Waals surface area (Å²) in [7, 11) is 3.36. The first kappa shape index (κ1) is 21.5. The minimum atomic E-state index is -0.620. The van der Waals surface area contributed by atoms with E-state index in [1.807, 2.05) is 50.2 Å². The van der Waals surface area contributed by atoms with Gasteiger partial charge in [0.25, 0.3) is 0 Å². The second-order valence-corrected chi connectivity index (χ2v) is 8.43. The zero-order valence-electron chi connectivity index (χ0n) is 18.5. The van der Waals surface area contributed by atoms with E-state index in [1.54, 1.807) is 14.2 Å². The van der Waals surface area contributed by atoms with Gasteiger partial charge in [0.1, 0.15) is 29.7 Å². The van der Waals surface area contributed by atoms with E-state index >= 15 is 0 Å². The summed E-state index contributed by atoms with van der Waals surface area (Å²) >= 11 is 0. The molecule has 0 bridgehead atoms. The van der Waals surface area contributed by atoms with Crippen molar-refractivity contribution in [3.8, 4) is 0 Å². The van der Waals surface area contributed by atoms with Gasteiger partial charge in [-0.25, -0.2) is 9.98 Å². The molecule has 0 amide bonds. The molecule has 6 heteroatoms. The molecule has 0 fully saturated rings. The molecule has 2 aliphatic heterocycles. The van der Waals surface area contributed by atoms with E-state index in [0.29, 0.717) is 25.0 Å². The fourth-order valence-corrected chi connectivity index (χ4v) is 4.06. The molecule has 0 spiro atoms. The number of nitrogens with zero attached hydrogens (tertiary/aromatic N) is 2. The Kier molecular flexibility index (Phi) is 6.39. The van der Waals surface area contributed by atoms with Gasteiger partial charge in [0, 0.05) is 14.2 Å². The van der Waals surface area contributed by atoms with Crippen LogP contribution in [0.15, 0.2) is 70.6 Å². The zero-order chi connectivity index (χ0) is 21.8. The molecule has 0 N–H and O–H groups in total. The summed E-state index contributed by atoms with van der Waals surface area (Å²) < 4.78 is 23.5. The Bertz CT molecular complexity index is 852. The minimum absolute atomic E-state index is 0.128. The quantitative estimate of drug-likeness (QED) is 0.633. The predicted octanol–water partition coefficient (Wildman–Crippen LogP) is 4.38. The number of methoxy groups -OCH3 is 2. The first-order chi connectivity index (χ1) is 15.0. The maximum absolute atomic E-state index is 6.32. The molecule has 4 atom stereocenters. The van der Waals surface area contributed by atoms with Crippen LogP contribution in [0.4, 0.5) is 0 Å². The van der Waals surface area contributed by atoms with Gasteiger partial charge in [-0.05, 0) is 25.0 Å². The lowest BCUT2D eigenvalue weighted by Crippen LogP contribution is -2.37. The van der Waals surface area contributed by atoms with Crippen molar-refractivity contribution in [2.45, 2.75) is 38.1 Å². The summed E-state index contributed by atoms with van der Waals surface area (Å²) in [6, 6.07) is 20.1. The Morgan fingerprint density at radius 1 is 0.710 bits per heavy atom. The fraction of sp³-hybridized carbons (Fsp3) is 0.440. The fourth-order valence-electron chi connectivity index (χ4n) is 4.06. The molecule has 2 heterocycles. The number of ether oxygens (including phenoxy) is 4. The highest BCUT2D eigenvalue weighted by Gasteiger charge is 2.47. The Morgan fingerprint density at radius 3 is 1.45 bits per heavy atom. The number of hydrogen-bond acceptors (Lipinski definition) is 6. The van der Waals surface area contributed by atoms with Crippen molar-refractivity contribution in [3.05, 3.63) is 71.8 Å². The first-order valence-electron chi connectivity index (χ1n) is 10.6. The van der Waals surface area contributed by atoms with E-state index in [-0.39, 0.29) is 24.3 Å². The topological polar surface area (TPSA) is 61.6 Å². The normalized spacial score (nSPS) is 25.5.